The minimum Gasteiger partial charge on any atom is -0.393 e. The van der Waals surface area contributed by atoms with Crippen molar-refractivity contribution < 1.29 is 0 Å². The number of nitrogens with two attached hydrogens (primary N) is 1. The molecule has 0 spiro atoms. The van der Waals surface area contributed by atoms with E-state index in [4.69, 9.17) is 18.0 Å². The van der Waals surface area contributed by atoms with E-state index in [-0.39, 0.29) is 0 Å². The van der Waals surface area contributed by atoms with Gasteiger partial charge in [-0.05, 0) is 19.8 Å². The summed E-state index contributed by atoms with van der Waals surface area (Å²) < 4.78 is 0. The molecule has 2 N–H and O–H groups in total. The molecular formula is C13H22N4S. The third kappa shape index (κ3) is 4.22. The standard InChI is InChI=1S/C13H22N4S/c1-9(2)11-7-13(16-8-15-11)17(10(3)4)6-5-12(14)18/h7-10H,5-6H2,1-4H3,(H2,14,18). The van der Waals surface area contributed by atoms with Crippen LogP contribution in [0.1, 0.15) is 45.7 Å². The fourth-order valence-corrected chi connectivity index (χ4v) is 1.79. The Morgan fingerprint density at radius 3 is 2.50 bits per heavy atom. The zero-order valence-electron chi connectivity index (χ0n) is 11.6. The number of hydrogen-bond donors (Lipinski definition) is 1. The molecule has 4 nitrogen and oxygen atoms in total. The van der Waals surface area contributed by atoms with Gasteiger partial charge in [-0.25, -0.2) is 9.97 Å². The van der Waals surface area contributed by atoms with Gasteiger partial charge in [0.05, 0.1) is 4.99 Å². The van der Waals surface area contributed by atoms with Crippen LogP contribution in [0.4, 0.5) is 5.82 Å². The molecular weight excluding hydrogens is 244 g/mol. The van der Waals surface area contributed by atoms with Crippen LogP contribution in [0.15, 0.2) is 12.4 Å². The fourth-order valence-electron chi connectivity index (χ4n) is 1.70. The highest BCUT2D eigenvalue weighted by atomic mass is 32.1. The summed E-state index contributed by atoms with van der Waals surface area (Å²) in [5.41, 5.74) is 6.63. The van der Waals surface area contributed by atoms with Gasteiger partial charge in [0.2, 0.25) is 0 Å². The van der Waals surface area contributed by atoms with Gasteiger partial charge in [0.15, 0.2) is 0 Å². The van der Waals surface area contributed by atoms with Crippen molar-refractivity contribution in [3.05, 3.63) is 18.1 Å². The zero-order valence-corrected chi connectivity index (χ0v) is 12.4. The van der Waals surface area contributed by atoms with Crippen LogP contribution in [0, 0.1) is 0 Å². The molecule has 0 aliphatic rings. The van der Waals surface area contributed by atoms with Gasteiger partial charge >= 0.3 is 0 Å². The van der Waals surface area contributed by atoms with E-state index in [1.54, 1.807) is 6.33 Å². The van der Waals surface area contributed by atoms with Crippen molar-refractivity contribution in [2.24, 2.45) is 5.73 Å². The molecule has 0 saturated heterocycles. The van der Waals surface area contributed by atoms with Crippen LogP contribution < -0.4 is 10.6 Å². The van der Waals surface area contributed by atoms with E-state index >= 15 is 0 Å². The molecule has 0 aliphatic carbocycles. The largest absolute Gasteiger partial charge is 0.393 e. The lowest BCUT2D eigenvalue weighted by molar-refractivity contribution is 0.676. The van der Waals surface area contributed by atoms with E-state index in [0.29, 0.717) is 23.4 Å². The number of rotatable bonds is 6. The Morgan fingerprint density at radius 1 is 1.33 bits per heavy atom. The van der Waals surface area contributed by atoms with Gasteiger partial charge in [0.1, 0.15) is 12.1 Å². The number of hydrogen-bond acceptors (Lipinski definition) is 4. The van der Waals surface area contributed by atoms with Gasteiger partial charge < -0.3 is 10.6 Å². The van der Waals surface area contributed by atoms with Crippen molar-refractivity contribution >= 4 is 23.0 Å². The molecule has 0 fully saturated rings. The Hall–Kier alpha value is -1.23. The van der Waals surface area contributed by atoms with Crippen LogP contribution in [-0.2, 0) is 0 Å². The predicted molar refractivity (Wildman–Crippen MR) is 80.0 cm³/mol. The third-order valence-corrected chi connectivity index (χ3v) is 2.99. The van der Waals surface area contributed by atoms with Crippen LogP contribution >= 0.6 is 12.2 Å². The van der Waals surface area contributed by atoms with Gasteiger partial charge in [-0.15, -0.1) is 0 Å². The highest BCUT2D eigenvalue weighted by Gasteiger charge is 2.13. The molecule has 1 aromatic rings. The molecule has 0 unspecified atom stereocenters. The molecule has 1 heterocycles. The van der Waals surface area contributed by atoms with Gasteiger partial charge in [-0.3, -0.25) is 0 Å². The summed E-state index contributed by atoms with van der Waals surface area (Å²) in [4.78, 5) is 11.4. The lowest BCUT2D eigenvalue weighted by atomic mass is 10.1. The summed E-state index contributed by atoms with van der Waals surface area (Å²) in [5, 5.41) is 0. The maximum absolute atomic E-state index is 5.57. The lowest BCUT2D eigenvalue weighted by Crippen LogP contribution is -2.34. The molecule has 0 amide bonds. The predicted octanol–water partition coefficient (Wildman–Crippen LogP) is 2.49. The topological polar surface area (TPSA) is 55.0 Å². The van der Waals surface area contributed by atoms with Crippen LogP contribution in [0.5, 0.6) is 0 Å². The van der Waals surface area contributed by atoms with Crippen LogP contribution in [0.25, 0.3) is 0 Å². The monoisotopic (exact) mass is 266 g/mol. The maximum atomic E-state index is 5.57. The van der Waals surface area contributed by atoms with Gasteiger partial charge in [0.25, 0.3) is 0 Å². The van der Waals surface area contributed by atoms with Gasteiger partial charge in [-0.1, -0.05) is 26.1 Å². The van der Waals surface area contributed by atoms with E-state index in [1.807, 2.05) is 6.07 Å². The summed E-state index contributed by atoms with van der Waals surface area (Å²) in [5.74, 6) is 1.34. The Kier molecular flexibility index (Phi) is 5.47. The van der Waals surface area contributed by atoms with Crippen molar-refractivity contribution in [3.63, 3.8) is 0 Å². The quantitative estimate of drug-likeness (QED) is 0.802. The molecule has 0 radical (unpaired) electrons. The zero-order chi connectivity index (χ0) is 13.7. The Labute approximate surface area is 115 Å². The number of thiocarbonyl (C=S) groups is 1. The maximum Gasteiger partial charge on any atom is 0.132 e. The molecule has 1 aromatic heterocycles. The first kappa shape index (κ1) is 14.8. The first-order valence-electron chi connectivity index (χ1n) is 6.28. The first-order valence-corrected chi connectivity index (χ1v) is 6.69. The van der Waals surface area contributed by atoms with E-state index in [1.165, 1.54) is 0 Å². The molecule has 100 valence electrons. The summed E-state index contributed by atoms with van der Waals surface area (Å²) in [7, 11) is 0. The smallest absolute Gasteiger partial charge is 0.132 e. The number of anilines is 1. The summed E-state index contributed by atoms with van der Waals surface area (Å²) in [6, 6.07) is 2.40. The molecule has 18 heavy (non-hydrogen) atoms. The first-order chi connectivity index (χ1) is 8.41. The minimum atomic E-state index is 0.356. The SMILES string of the molecule is CC(C)c1cc(N(CCC(N)=S)C(C)C)ncn1. The molecule has 0 atom stereocenters. The summed E-state index contributed by atoms with van der Waals surface area (Å²) in [6.07, 6.45) is 2.33. The van der Waals surface area contributed by atoms with E-state index in [9.17, 15) is 0 Å². The number of aromatic nitrogens is 2. The summed E-state index contributed by atoms with van der Waals surface area (Å²) in [6.45, 7) is 9.32. The third-order valence-electron chi connectivity index (χ3n) is 2.78. The highest BCUT2D eigenvalue weighted by molar-refractivity contribution is 7.80. The Morgan fingerprint density at radius 2 is 2.00 bits per heavy atom. The molecule has 0 aliphatic heterocycles. The van der Waals surface area contributed by atoms with Gasteiger partial charge in [0, 0.05) is 30.8 Å². The second-order valence-electron chi connectivity index (χ2n) is 4.96. The van der Waals surface area contributed by atoms with Crippen molar-refractivity contribution in [2.75, 3.05) is 11.4 Å². The van der Waals surface area contributed by atoms with Crippen molar-refractivity contribution in [1.29, 1.82) is 0 Å². The molecule has 0 bridgehead atoms. The second-order valence-corrected chi connectivity index (χ2v) is 5.48. The average Bonchev–Trinajstić information content (AvgIpc) is 2.28. The van der Waals surface area contributed by atoms with E-state index < -0.39 is 0 Å². The van der Waals surface area contributed by atoms with Crippen molar-refractivity contribution in [1.82, 2.24) is 9.97 Å². The van der Waals surface area contributed by atoms with Crippen LogP contribution in [-0.4, -0.2) is 27.5 Å². The van der Waals surface area contributed by atoms with Crippen molar-refractivity contribution in [3.8, 4) is 0 Å². The molecule has 0 aromatic carbocycles. The fraction of sp³-hybridized carbons (Fsp3) is 0.615. The van der Waals surface area contributed by atoms with Crippen LogP contribution in [0.3, 0.4) is 0 Å². The average molecular weight is 266 g/mol. The second kappa shape index (κ2) is 6.64. The van der Waals surface area contributed by atoms with E-state index in [2.05, 4.69) is 42.6 Å². The molecule has 0 saturated carbocycles. The van der Waals surface area contributed by atoms with Crippen molar-refractivity contribution in [2.45, 2.75) is 46.1 Å². The van der Waals surface area contributed by atoms with Gasteiger partial charge in [-0.2, -0.15) is 0 Å². The highest BCUT2D eigenvalue weighted by Crippen LogP contribution is 2.19. The number of nitrogens with zero attached hydrogens (tertiary/aromatic N) is 3. The molecule has 5 heteroatoms. The normalized spacial score (nSPS) is 11.0. The summed E-state index contributed by atoms with van der Waals surface area (Å²) >= 11 is 4.94. The Bertz CT molecular complexity index is 404. The van der Waals surface area contributed by atoms with E-state index in [0.717, 1.165) is 18.1 Å². The van der Waals surface area contributed by atoms with Crippen LogP contribution in [0.2, 0.25) is 0 Å². The Balaban J connectivity index is 2.91. The molecule has 1 rings (SSSR count). The lowest BCUT2D eigenvalue weighted by Gasteiger charge is -2.28. The minimum absolute atomic E-state index is 0.356.